The summed E-state index contributed by atoms with van der Waals surface area (Å²) in [6.45, 7) is 0.777. The minimum Gasteiger partial charge on any atom is -0.490 e. The first kappa shape index (κ1) is 26.8. The van der Waals surface area contributed by atoms with Gasteiger partial charge < -0.3 is 24.6 Å². The highest BCUT2D eigenvalue weighted by molar-refractivity contribution is 5.92. The Bertz CT molecular complexity index is 1110. The third-order valence-electron chi connectivity index (χ3n) is 5.84. The molecule has 0 saturated carbocycles. The van der Waals surface area contributed by atoms with Crippen molar-refractivity contribution in [2.24, 2.45) is 0 Å². The van der Waals surface area contributed by atoms with E-state index in [9.17, 15) is 23.2 Å². The highest BCUT2D eigenvalue weighted by Crippen LogP contribution is 2.37. The molecule has 1 N–H and O–H groups in total. The van der Waals surface area contributed by atoms with Crippen molar-refractivity contribution >= 4 is 17.7 Å². The van der Waals surface area contributed by atoms with Crippen LogP contribution in [0.25, 0.3) is 0 Å². The molecule has 0 bridgehead atoms. The van der Waals surface area contributed by atoms with Crippen LogP contribution in [0.4, 0.5) is 8.78 Å². The quantitative estimate of drug-likeness (QED) is 0.564. The number of rotatable bonds is 9. The predicted molar refractivity (Wildman–Crippen MR) is 127 cm³/mol. The van der Waals surface area contributed by atoms with Crippen LogP contribution in [0.3, 0.4) is 0 Å². The fourth-order valence-electron chi connectivity index (χ4n) is 4.14. The minimum absolute atomic E-state index is 0.0752. The van der Waals surface area contributed by atoms with E-state index in [1.54, 1.807) is 51.4 Å². The summed E-state index contributed by atoms with van der Waals surface area (Å²) in [5.41, 5.74) is 1.52. The molecule has 9 nitrogen and oxygen atoms in total. The zero-order valence-electron chi connectivity index (χ0n) is 20.7. The normalized spacial score (nSPS) is 17.1. The Hall–Kier alpha value is -3.76. The zero-order valence-corrected chi connectivity index (χ0v) is 20.7. The molecule has 3 amide bonds. The van der Waals surface area contributed by atoms with E-state index in [1.807, 2.05) is 0 Å². The van der Waals surface area contributed by atoms with Crippen LogP contribution in [0, 0.1) is 0 Å². The van der Waals surface area contributed by atoms with Crippen LogP contribution in [0.2, 0.25) is 0 Å². The van der Waals surface area contributed by atoms with Gasteiger partial charge >= 0.3 is 6.61 Å². The second-order valence-corrected chi connectivity index (χ2v) is 8.57. The molecule has 1 fully saturated rings. The van der Waals surface area contributed by atoms with Gasteiger partial charge in [-0.2, -0.15) is 8.78 Å². The number of ether oxygens (including phenoxy) is 2. The number of likely N-dealkylation sites (tertiary alicyclic amines) is 1. The molecule has 0 radical (unpaired) electrons. The van der Waals surface area contributed by atoms with Crippen LogP contribution in [-0.4, -0.2) is 72.4 Å². The monoisotopic (exact) mass is 504 g/mol. The Morgan fingerprint density at radius 2 is 1.94 bits per heavy atom. The molecule has 1 aromatic heterocycles. The SMILES string of the molecule is CCOc1cc(C2C[C@H](C(=O)NCc3cccc(C(=O)N(C)C)n3)N(C(C)=O)C2)ccc1OC(F)F. The molecule has 2 aromatic rings. The maximum atomic E-state index is 13.0. The second-order valence-electron chi connectivity index (χ2n) is 8.57. The largest absolute Gasteiger partial charge is 0.490 e. The minimum atomic E-state index is -2.99. The number of carbonyl (C=O) groups excluding carboxylic acids is 3. The first-order chi connectivity index (χ1) is 17.1. The van der Waals surface area contributed by atoms with Gasteiger partial charge in [0.05, 0.1) is 18.8 Å². The number of halogens is 2. The number of nitrogens with one attached hydrogen (secondary N) is 1. The molecule has 1 aromatic carbocycles. The zero-order chi connectivity index (χ0) is 26.4. The Kier molecular flexibility index (Phi) is 8.78. The summed E-state index contributed by atoms with van der Waals surface area (Å²) < 4.78 is 35.4. The van der Waals surface area contributed by atoms with E-state index in [2.05, 4.69) is 15.0 Å². The van der Waals surface area contributed by atoms with E-state index in [0.717, 1.165) is 5.56 Å². The van der Waals surface area contributed by atoms with Crippen molar-refractivity contribution in [1.82, 2.24) is 20.1 Å². The molecule has 0 spiro atoms. The summed E-state index contributed by atoms with van der Waals surface area (Å²) in [5, 5.41) is 2.81. The summed E-state index contributed by atoms with van der Waals surface area (Å²) in [7, 11) is 3.25. The van der Waals surface area contributed by atoms with Crippen molar-refractivity contribution in [3.63, 3.8) is 0 Å². The number of carbonyl (C=O) groups is 3. The highest BCUT2D eigenvalue weighted by atomic mass is 19.3. The van der Waals surface area contributed by atoms with Crippen LogP contribution < -0.4 is 14.8 Å². The molecule has 194 valence electrons. The van der Waals surface area contributed by atoms with Gasteiger partial charge in [-0.1, -0.05) is 12.1 Å². The fraction of sp³-hybridized carbons (Fsp3) is 0.440. The molecule has 3 rings (SSSR count). The van der Waals surface area contributed by atoms with Gasteiger partial charge in [-0.3, -0.25) is 14.4 Å². The van der Waals surface area contributed by atoms with Crippen molar-refractivity contribution in [3.8, 4) is 11.5 Å². The van der Waals surface area contributed by atoms with Gasteiger partial charge in [0, 0.05) is 33.5 Å². The van der Waals surface area contributed by atoms with E-state index < -0.39 is 12.7 Å². The van der Waals surface area contributed by atoms with Crippen LogP contribution in [0.15, 0.2) is 36.4 Å². The lowest BCUT2D eigenvalue weighted by molar-refractivity contribution is -0.136. The van der Waals surface area contributed by atoms with Gasteiger partial charge in [-0.05, 0) is 43.2 Å². The van der Waals surface area contributed by atoms with Crippen molar-refractivity contribution < 1.29 is 32.6 Å². The molecular formula is C25H30F2N4O5. The molecule has 1 unspecified atom stereocenters. The smallest absolute Gasteiger partial charge is 0.387 e. The maximum absolute atomic E-state index is 13.0. The lowest BCUT2D eigenvalue weighted by Gasteiger charge is -2.22. The number of alkyl halides is 2. The summed E-state index contributed by atoms with van der Waals surface area (Å²) in [6.07, 6.45) is 0.346. The van der Waals surface area contributed by atoms with Crippen LogP contribution >= 0.6 is 0 Å². The fourth-order valence-corrected chi connectivity index (χ4v) is 4.14. The van der Waals surface area contributed by atoms with Crippen LogP contribution in [0.1, 0.15) is 47.9 Å². The number of amides is 3. The molecule has 1 saturated heterocycles. The average molecular weight is 505 g/mol. The molecular weight excluding hydrogens is 474 g/mol. The van der Waals surface area contributed by atoms with Gasteiger partial charge in [-0.25, -0.2) is 4.98 Å². The van der Waals surface area contributed by atoms with Gasteiger partial charge in [0.1, 0.15) is 11.7 Å². The van der Waals surface area contributed by atoms with E-state index >= 15 is 0 Å². The highest BCUT2D eigenvalue weighted by Gasteiger charge is 2.39. The molecule has 11 heteroatoms. The number of hydrogen-bond donors (Lipinski definition) is 1. The van der Waals surface area contributed by atoms with E-state index in [0.29, 0.717) is 18.7 Å². The predicted octanol–water partition coefficient (Wildman–Crippen LogP) is 2.80. The third kappa shape index (κ3) is 6.46. The van der Waals surface area contributed by atoms with E-state index in [-0.39, 0.29) is 54.0 Å². The lowest BCUT2D eigenvalue weighted by atomic mass is 9.95. The van der Waals surface area contributed by atoms with E-state index in [4.69, 9.17) is 4.74 Å². The molecule has 1 aliphatic heterocycles. The van der Waals surface area contributed by atoms with Crippen molar-refractivity contribution in [1.29, 1.82) is 0 Å². The molecule has 0 aliphatic carbocycles. The van der Waals surface area contributed by atoms with Gasteiger partial charge in [-0.15, -0.1) is 0 Å². The average Bonchev–Trinajstić information content (AvgIpc) is 3.29. The van der Waals surface area contributed by atoms with Crippen LogP contribution in [0.5, 0.6) is 11.5 Å². The summed E-state index contributed by atoms with van der Waals surface area (Å²) >= 11 is 0. The molecule has 36 heavy (non-hydrogen) atoms. The number of pyridine rings is 1. The Morgan fingerprint density at radius 3 is 2.58 bits per heavy atom. The molecule has 2 heterocycles. The van der Waals surface area contributed by atoms with Gasteiger partial charge in [0.15, 0.2) is 11.5 Å². The number of nitrogens with zero attached hydrogens (tertiary/aromatic N) is 3. The first-order valence-electron chi connectivity index (χ1n) is 11.5. The Balaban J connectivity index is 1.73. The van der Waals surface area contributed by atoms with Crippen LogP contribution in [-0.2, 0) is 16.1 Å². The first-order valence-corrected chi connectivity index (χ1v) is 11.5. The standard InChI is InChI=1S/C25H30F2N4O5/c1-5-35-22-12-16(9-10-21(22)36-25(26)27)17-11-20(31(14-17)15(2)32)23(33)28-13-18-7-6-8-19(29-18)24(34)30(3)4/h6-10,12,17,20,25H,5,11,13-14H2,1-4H3,(H,28,33)/t17?,20-/m1/s1. The molecule has 2 atom stereocenters. The number of hydrogen-bond acceptors (Lipinski definition) is 6. The Labute approximate surface area is 208 Å². The van der Waals surface area contributed by atoms with E-state index in [1.165, 1.54) is 22.8 Å². The second kappa shape index (κ2) is 11.8. The summed E-state index contributed by atoms with van der Waals surface area (Å²) in [4.78, 5) is 44.7. The Morgan fingerprint density at radius 1 is 1.19 bits per heavy atom. The van der Waals surface area contributed by atoms with Gasteiger partial charge in [0.25, 0.3) is 5.91 Å². The number of aromatic nitrogens is 1. The van der Waals surface area contributed by atoms with Crippen molar-refractivity contribution in [2.75, 3.05) is 27.2 Å². The number of benzene rings is 1. The topological polar surface area (TPSA) is 101 Å². The maximum Gasteiger partial charge on any atom is 0.387 e. The van der Waals surface area contributed by atoms with Gasteiger partial charge in [0.2, 0.25) is 11.8 Å². The summed E-state index contributed by atoms with van der Waals surface area (Å²) in [6, 6.07) is 8.93. The third-order valence-corrected chi connectivity index (χ3v) is 5.84. The van der Waals surface area contributed by atoms with Crippen molar-refractivity contribution in [3.05, 3.63) is 53.3 Å². The van der Waals surface area contributed by atoms with Crippen molar-refractivity contribution in [2.45, 2.75) is 45.4 Å². The summed E-state index contributed by atoms with van der Waals surface area (Å²) in [5.74, 6) is -0.951. The molecule has 1 aliphatic rings. The lowest BCUT2D eigenvalue weighted by Crippen LogP contribution is -2.45.